The summed E-state index contributed by atoms with van der Waals surface area (Å²) in [6.45, 7) is 0. The van der Waals surface area contributed by atoms with Crippen LogP contribution in [0.4, 0.5) is 11.4 Å². The van der Waals surface area contributed by atoms with Crippen LogP contribution in [0.3, 0.4) is 0 Å². The van der Waals surface area contributed by atoms with Gasteiger partial charge in [-0.2, -0.15) is 0 Å². The van der Waals surface area contributed by atoms with Gasteiger partial charge in [0.1, 0.15) is 0 Å². The predicted molar refractivity (Wildman–Crippen MR) is 202 cm³/mol. The summed E-state index contributed by atoms with van der Waals surface area (Å²) in [7, 11) is 0. The third-order valence-electron chi connectivity index (χ3n) is 9.79. The number of aromatic nitrogens is 2. The average Bonchev–Trinajstić information content (AvgIpc) is 3.70. The molecule has 1 aliphatic heterocycles. The van der Waals surface area contributed by atoms with E-state index in [1.807, 2.05) is 11.3 Å². The van der Waals surface area contributed by atoms with Gasteiger partial charge in [-0.1, -0.05) is 121 Å². The summed E-state index contributed by atoms with van der Waals surface area (Å²) in [4.78, 5) is 12.9. The first-order chi connectivity index (χ1) is 23.8. The molecule has 226 valence electrons. The summed E-state index contributed by atoms with van der Waals surface area (Å²) in [6.07, 6.45) is 5.58. The number of fused-ring (bicyclic) bond motifs is 8. The average molecular weight is 632 g/mol. The van der Waals surface area contributed by atoms with E-state index in [1.165, 1.54) is 53.9 Å². The van der Waals surface area contributed by atoms with E-state index in [2.05, 4.69) is 163 Å². The van der Waals surface area contributed by atoms with Gasteiger partial charge in [0.25, 0.3) is 0 Å². The molecule has 8 aromatic rings. The number of thiophene rings is 1. The Labute approximate surface area is 282 Å². The SMILES string of the molecule is C1=C(c2nc(-c3ccc(-c4ccccc4)cc3)c3ccccc3n2)C=C2C(C1)c1c(ccc3c1sc1ccccc13)N2c1ccccc1. The molecule has 4 heteroatoms. The highest BCUT2D eigenvalue weighted by atomic mass is 32.1. The van der Waals surface area contributed by atoms with E-state index in [0.29, 0.717) is 0 Å². The fourth-order valence-corrected chi connectivity index (χ4v) is 8.84. The van der Waals surface area contributed by atoms with E-state index < -0.39 is 0 Å². The molecule has 0 radical (unpaired) electrons. The number of para-hydroxylation sites is 2. The Morgan fingerprint density at radius 2 is 1.27 bits per heavy atom. The van der Waals surface area contributed by atoms with Crippen molar-refractivity contribution < 1.29 is 0 Å². The Balaban J connectivity index is 1.11. The maximum absolute atomic E-state index is 5.30. The molecule has 1 atom stereocenters. The summed E-state index contributed by atoms with van der Waals surface area (Å²) in [5.41, 5.74) is 11.6. The van der Waals surface area contributed by atoms with Crippen molar-refractivity contribution in [1.29, 1.82) is 0 Å². The van der Waals surface area contributed by atoms with Crippen LogP contribution in [0.25, 0.3) is 59.0 Å². The molecule has 3 heterocycles. The van der Waals surface area contributed by atoms with Gasteiger partial charge in [-0.05, 0) is 54.0 Å². The number of hydrogen-bond acceptors (Lipinski definition) is 4. The summed E-state index contributed by atoms with van der Waals surface area (Å²) in [5, 5.41) is 3.74. The summed E-state index contributed by atoms with van der Waals surface area (Å²) in [5.74, 6) is 1.02. The first kappa shape index (κ1) is 27.3. The number of hydrogen-bond donors (Lipinski definition) is 0. The topological polar surface area (TPSA) is 29.0 Å². The molecule has 1 aliphatic carbocycles. The highest BCUT2D eigenvalue weighted by molar-refractivity contribution is 7.26. The second-order valence-corrected chi connectivity index (χ2v) is 13.6. The van der Waals surface area contributed by atoms with Crippen molar-refractivity contribution >= 4 is 59.4 Å². The van der Waals surface area contributed by atoms with Gasteiger partial charge < -0.3 is 4.90 Å². The van der Waals surface area contributed by atoms with Gasteiger partial charge in [0.15, 0.2) is 5.82 Å². The fourth-order valence-electron chi connectivity index (χ4n) is 7.54. The molecule has 6 aromatic carbocycles. The van der Waals surface area contributed by atoms with Crippen LogP contribution in [-0.4, -0.2) is 9.97 Å². The van der Waals surface area contributed by atoms with Crippen LogP contribution in [0.1, 0.15) is 23.7 Å². The molecule has 2 aliphatic rings. The molecule has 0 fully saturated rings. The Morgan fingerprint density at radius 3 is 2.10 bits per heavy atom. The molecular formula is C44H29N3S. The lowest BCUT2D eigenvalue weighted by Gasteiger charge is -2.26. The van der Waals surface area contributed by atoms with Gasteiger partial charge in [0.2, 0.25) is 0 Å². The number of benzene rings is 6. The Kier molecular flexibility index (Phi) is 6.18. The maximum atomic E-state index is 5.30. The van der Waals surface area contributed by atoms with Crippen molar-refractivity contribution in [1.82, 2.24) is 9.97 Å². The van der Waals surface area contributed by atoms with Crippen molar-refractivity contribution in [3.63, 3.8) is 0 Å². The highest BCUT2D eigenvalue weighted by Gasteiger charge is 2.38. The Bertz CT molecular complexity index is 2580. The van der Waals surface area contributed by atoms with Crippen LogP contribution in [0.2, 0.25) is 0 Å². The van der Waals surface area contributed by atoms with Crippen LogP contribution >= 0.6 is 11.3 Å². The molecule has 48 heavy (non-hydrogen) atoms. The van der Waals surface area contributed by atoms with Gasteiger partial charge in [-0.25, -0.2) is 9.97 Å². The zero-order valence-corrected chi connectivity index (χ0v) is 26.9. The standard InChI is InChI=1S/C44H29N3S/c1-3-11-28(12-4-1)29-19-21-30(22-20-29)42-35-16-7-9-17-37(35)45-44(46-42)31-23-24-36-39(27-31)47(32-13-5-2-6-14-32)38-26-25-34-33-15-8-10-18-40(33)48-43(34)41(36)38/h1-23,25-27,36H,24H2. The predicted octanol–water partition coefficient (Wildman–Crippen LogP) is 11.9. The number of nitrogens with zero attached hydrogens (tertiary/aromatic N) is 3. The van der Waals surface area contributed by atoms with Gasteiger partial charge in [0.05, 0.1) is 16.9 Å². The normalized spacial score (nSPS) is 15.4. The van der Waals surface area contributed by atoms with Crippen molar-refractivity contribution in [2.75, 3.05) is 4.90 Å². The summed E-state index contributed by atoms with van der Waals surface area (Å²) >= 11 is 1.92. The van der Waals surface area contributed by atoms with Crippen LogP contribution in [0.5, 0.6) is 0 Å². The largest absolute Gasteiger partial charge is 0.313 e. The molecule has 0 saturated heterocycles. The van der Waals surface area contributed by atoms with E-state index >= 15 is 0 Å². The number of anilines is 2. The van der Waals surface area contributed by atoms with E-state index in [-0.39, 0.29) is 5.92 Å². The van der Waals surface area contributed by atoms with E-state index in [0.717, 1.165) is 40.0 Å². The Hall–Kier alpha value is -5.84. The molecular weight excluding hydrogens is 603 g/mol. The Morgan fingerprint density at radius 1 is 0.583 bits per heavy atom. The van der Waals surface area contributed by atoms with Gasteiger partial charge in [-0.3, -0.25) is 0 Å². The molecule has 0 N–H and O–H groups in total. The van der Waals surface area contributed by atoms with Crippen molar-refractivity contribution in [2.24, 2.45) is 0 Å². The minimum atomic E-state index is 0.256. The minimum absolute atomic E-state index is 0.256. The molecule has 0 spiro atoms. The van der Waals surface area contributed by atoms with Crippen molar-refractivity contribution in [3.8, 4) is 22.4 Å². The first-order valence-corrected chi connectivity index (χ1v) is 17.3. The van der Waals surface area contributed by atoms with Crippen LogP contribution in [-0.2, 0) is 0 Å². The van der Waals surface area contributed by atoms with Crippen LogP contribution in [0, 0.1) is 0 Å². The zero-order chi connectivity index (χ0) is 31.6. The molecule has 0 bridgehead atoms. The van der Waals surface area contributed by atoms with Gasteiger partial charge >= 0.3 is 0 Å². The highest BCUT2D eigenvalue weighted by Crippen LogP contribution is 2.56. The maximum Gasteiger partial charge on any atom is 0.160 e. The van der Waals surface area contributed by atoms with Gasteiger partial charge in [-0.15, -0.1) is 11.3 Å². The van der Waals surface area contributed by atoms with E-state index in [9.17, 15) is 0 Å². The fraction of sp³-hybridized carbons (Fsp3) is 0.0455. The summed E-state index contributed by atoms with van der Waals surface area (Å²) < 4.78 is 2.73. The second kappa shape index (κ2) is 10.9. The zero-order valence-electron chi connectivity index (χ0n) is 26.0. The minimum Gasteiger partial charge on any atom is -0.313 e. The molecule has 3 nitrogen and oxygen atoms in total. The third-order valence-corrected chi connectivity index (χ3v) is 11.0. The van der Waals surface area contributed by atoms with Crippen molar-refractivity contribution in [2.45, 2.75) is 12.3 Å². The monoisotopic (exact) mass is 631 g/mol. The lowest BCUT2D eigenvalue weighted by Crippen LogP contribution is -2.15. The molecule has 0 amide bonds. The number of allylic oxidation sites excluding steroid dienone is 4. The quantitative estimate of drug-likeness (QED) is 0.193. The van der Waals surface area contributed by atoms with Crippen LogP contribution in [0.15, 0.2) is 163 Å². The smallest absolute Gasteiger partial charge is 0.160 e. The molecule has 0 saturated carbocycles. The molecule has 2 aromatic heterocycles. The first-order valence-electron chi connectivity index (χ1n) is 16.4. The van der Waals surface area contributed by atoms with Crippen molar-refractivity contribution in [3.05, 3.63) is 175 Å². The number of rotatable bonds is 4. The van der Waals surface area contributed by atoms with Gasteiger partial charge in [0, 0.05) is 59.6 Å². The lowest BCUT2D eigenvalue weighted by molar-refractivity contribution is 0.827. The molecule has 1 unspecified atom stereocenters. The van der Waals surface area contributed by atoms with E-state index in [1.54, 1.807) is 0 Å². The second-order valence-electron chi connectivity index (χ2n) is 12.5. The lowest BCUT2D eigenvalue weighted by atomic mass is 9.88. The molecule has 10 rings (SSSR count). The van der Waals surface area contributed by atoms with E-state index in [4.69, 9.17) is 9.97 Å². The van der Waals surface area contributed by atoms with Crippen LogP contribution < -0.4 is 4.90 Å². The summed E-state index contributed by atoms with van der Waals surface area (Å²) in [6, 6.07) is 51.8. The third kappa shape index (κ3) is 4.27.